The Morgan fingerprint density at radius 1 is 1.24 bits per heavy atom. The van der Waals surface area contributed by atoms with Crippen LogP contribution in [0, 0.1) is 12.7 Å². The Balaban J connectivity index is 1.58. The first-order valence-electron chi connectivity index (χ1n) is 10.5. The molecule has 1 aromatic carbocycles. The van der Waals surface area contributed by atoms with Crippen LogP contribution in [0.4, 0.5) is 20.6 Å². The lowest BCUT2D eigenvalue weighted by molar-refractivity contribution is -0.136. The molecule has 2 heterocycles. The molecule has 1 unspecified atom stereocenters. The van der Waals surface area contributed by atoms with Crippen molar-refractivity contribution in [2.75, 3.05) is 43.4 Å². The van der Waals surface area contributed by atoms with Crippen LogP contribution in [0.5, 0.6) is 0 Å². The molecule has 178 valence electrons. The number of aryl methyl sites for hydroxylation is 1. The summed E-state index contributed by atoms with van der Waals surface area (Å²) in [5.41, 5.74) is 1.82. The molecule has 1 fully saturated rings. The van der Waals surface area contributed by atoms with Crippen molar-refractivity contribution < 1.29 is 18.7 Å². The van der Waals surface area contributed by atoms with Crippen LogP contribution in [0.2, 0.25) is 5.02 Å². The number of anilines is 2. The van der Waals surface area contributed by atoms with Crippen LogP contribution in [0.1, 0.15) is 25.6 Å². The van der Waals surface area contributed by atoms with Crippen LogP contribution >= 0.6 is 23.8 Å². The number of benzene rings is 1. The molecule has 3 rings (SSSR count). The molecule has 0 aliphatic carbocycles. The molecule has 1 aliphatic rings. The van der Waals surface area contributed by atoms with Gasteiger partial charge in [0.15, 0.2) is 5.11 Å². The molecule has 0 bridgehead atoms. The fourth-order valence-electron chi connectivity index (χ4n) is 3.36. The van der Waals surface area contributed by atoms with Gasteiger partial charge in [0.05, 0.1) is 23.0 Å². The summed E-state index contributed by atoms with van der Waals surface area (Å²) in [7, 11) is 0. The number of nitrogens with zero attached hydrogens (tertiary/aromatic N) is 4. The van der Waals surface area contributed by atoms with Crippen molar-refractivity contribution >= 4 is 52.3 Å². The number of hydrogen-bond acceptors (Lipinski definition) is 5. The van der Waals surface area contributed by atoms with Crippen molar-refractivity contribution in [3.05, 3.63) is 40.9 Å². The van der Waals surface area contributed by atoms with Crippen LogP contribution in [0.15, 0.2) is 24.4 Å². The van der Waals surface area contributed by atoms with Gasteiger partial charge in [-0.05, 0) is 51.2 Å². The van der Waals surface area contributed by atoms with E-state index in [1.54, 1.807) is 41.4 Å². The molecule has 1 aromatic heterocycles. The van der Waals surface area contributed by atoms with Gasteiger partial charge >= 0.3 is 6.09 Å². The Bertz CT molecular complexity index is 1040. The van der Waals surface area contributed by atoms with Crippen molar-refractivity contribution in [3.63, 3.8) is 0 Å². The highest BCUT2D eigenvalue weighted by atomic mass is 35.5. The van der Waals surface area contributed by atoms with Crippen molar-refractivity contribution in [2.24, 2.45) is 0 Å². The van der Waals surface area contributed by atoms with E-state index in [1.807, 2.05) is 0 Å². The molecule has 1 atom stereocenters. The second-order valence-corrected chi connectivity index (χ2v) is 8.32. The number of hydrogen-bond donors (Lipinski definition) is 2. The van der Waals surface area contributed by atoms with E-state index in [2.05, 4.69) is 15.7 Å². The standard InChI is InChI=1S/C21H26ClFN6O3S/c1-4-32-21(31)28-9-7-27(8-10-28)19(30)14(3)29-12-18(13(2)26-29)25-20(33)24-15-5-6-17(23)16(22)11-15/h5-6,11-12,14H,4,7-10H2,1-3H3,(H2,24,25,33). The summed E-state index contributed by atoms with van der Waals surface area (Å²) in [6.07, 6.45) is 1.35. The molecule has 0 saturated carbocycles. The molecule has 1 saturated heterocycles. The molecular formula is C21H26ClFN6O3S. The van der Waals surface area contributed by atoms with Crippen LogP contribution in [0.3, 0.4) is 0 Å². The minimum atomic E-state index is -0.536. The largest absolute Gasteiger partial charge is 0.450 e. The lowest BCUT2D eigenvalue weighted by Gasteiger charge is -2.35. The summed E-state index contributed by atoms with van der Waals surface area (Å²) in [5.74, 6) is -0.603. The number of ether oxygens (including phenoxy) is 1. The molecule has 0 radical (unpaired) electrons. The molecule has 33 heavy (non-hydrogen) atoms. The molecule has 9 nitrogen and oxygen atoms in total. The molecule has 2 aromatic rings. The van der Waals surface area contributed by atoms with Gasteiger partial charge in [-0.3, -0.25) is 9.48 Å². The van der Waals surface area contributed by atoms with E-state index in [4.69, 9.17) is 28.6 Å². The minimum Gasteiger partial charge on any atom is -0.450 e. The molecule has 0 spiro atoms. The normalized spacial score (nSPS) is 14.6. The summed E-state index contributed by atoms with van der Waals surface area (Å²) < 4.78 is 19.9. The van der Waals surface area contributed by atoms with Gasteiger partial charge in [0, 0.05) is 38.1 Å². The number of halogens is 2. The summed E-state index contributed by atoms with van der Waals surface area (Å²) in [6, 6.07) is 3.67. The van der Waals surface area contributed by atoms with Gasteiger partial charge in [-0.1, -0.05) is 11.6 Å². The fraction of sp³-hybridized carbons (Fsp3) is 0.429. The Morgan fingerprint density at radius 2 is 1.91 bits per heavy atom. The van der Waals surface area contributed by atoms with Crippen molar-refractivity contribution in [1.82, 2.24) is 19.6 Å². The zero-order valence-electron chi connectivity index (χ0n) is 18.6. The predicted octanol–water partition coefficient (Wildman–Crippen LogP) is 3.65. The molecular weight excluding hydrogens is 471 g/mol. The van der Waals surface area contributed by atoms with Gasteiger partial charge in [0.1, 0.15) is 11.9 Å². The number of aromatic nitrogens is 2. The smallest absolute Gasteiger partial charge is 0.409 e. The van der Waals surface area contributed by atoms with Gasteiger partial charge in [-0.25, -0.2) is 9.18 Å². The van der Waals surface area contributed by atoms with Crippen LogP contribution in [-0.2, 0) is 9.53 Å². The lowest BCUT2D eigenvalue weighted by atomic mass is 10.2. The Labute approximate surface area is 201 Å². The first kappa shape index (κ1) is 24.7. The fourth-order valence-corrected chi connectivity index (χ4v) is 3.77. The van der Waals surface area contributed by atoms with Crippen LogP contribution in [0.25, 0.3) is 0 Å². The van der Waals surface area contributed by atoms with E-state index >= 15 is 0 Å². The highest BCUT2D eigenvalue weighted by Crippen LogP contribution is 2.21. The minimum absolute atomic E-state index is 0.0118. The predicted molar refractivity (Wildman–Crippen MR) is 128 cm³/mol. The second-order valence-electron chi connectivity index (χ2n) is 7.50. The van der Waals surface area contributed by atoms with Crippen molar-refractivity contribution in [1.29, 1.82) is 0 Å². The summed E-state index contributed by atoms with van der Waals surface area (Å²) in [6.45, 7) is 7.36. The van der Waals surface area contributed by atoms with Crippen molar-refractivity contribution in [3.8, 4) is 0 Å². The SMILES string of the molecule is CCOC(=O)N1CCN(C(=O)C(C)n2cc(NC(=S)Nc3ccc(F)c(Cl)c3)c(C)n2)CC1. The topological polar surface area (TPSA) is 91.7 Å². The molecule has 2 amide bonds. The van der Waals surface area contributed by atoms with Crippen molar-refractivity contribution in [2.45, 2.75) is 26.8 Å². The Hall–Kier alpha value is -2.92. The first-order valence-corrected chi connectivity index (χ1v) is 11.3. The Kier molecular flexibility index (Phi) is 8.09. The van der Waals surface area contributed by atoms with E-state index in [-0.39, 0.29) is 22.1 Å². The molecule has 1 aliphatic heterocycles. The second kappa shape index (κ2) is 10.8. The summed E-state index contributed by atoms with van der Waals surface area (Å²) in [4.78, 5) is 28.1. The third-order valence-electron chi connectivity index (χ3n) is 5.21. The molecule has 2 N–H and O–H groups in total. The maximum Gasteiger partial charge on any atom is 0.409 e. The van der Waals surface area contributed by atoms with Gasteiger partial charge in [-0.2, -0.15) is 5.10 Å². The van der Waals surface area contributed by atoms with Crippen LogP contribution < -0.4 is 10.6 Å². The number of piperazine rings is 1. The number of thiocarbonyl (C=S) groups is 1. The number of amides is 2. The van der Waals surface area contributed by atoms with Gasteiger partial charge < -0.3 is 25.2 Å². The highest BCUT2D eigenvalue weighted by Gasteiger charge is 2.29. The Morgan fingerprint density at radius 3 is 2.55 bits per heavy atom. The van der Waals surface area contributed by atoms with E-state index in [1.165, 1.54) is 18.2 Å². The van der Waals surface area contributed by atoms with E-state index in [9.17, 15) is 14.0 Å². The average Bonchev–Trinajstić information content (AvgIpc) is 3.15. The third-order valence-corrected chi connectivity index (χ3v) is 5.71. The monoisotopic (exact) mass is 496 g/mol. The zero-order chi connectivity index (χ0) is 24.1. The number of rotatable bonds is 5. The maximum absolute atomic E-state index is 13.3. The van der Waals surface area contributed by atoms with Gasteiger partial charge in [0.2, 0.25) is 5.91 Å². The molecule has 12 heteroatoms. The maximum atomic E-state index is 13.3. The lowest BCUT2D eigenvalue weighted by Crippen LogP contribution is -2.52. The number of carbonyl (C=O) groups excluding carboxylic acids is 2. The number of carbonyl (C=O) groups is 2. The zero-order valence-corrected chi connectivity index (χ0v) is 20.2. The average molecular weight is 497 g/mol. The first-order chi connectivity index (χ1) is 15.7. The van der Waals surface area contributed by atoms with E-state index in [0.29, 0.717) is 49.9 Å². The van der Waals surface area contributed by atoms with Gasteiger partial charge in [0.25, 0.3) is 0 Å². The van der Waals surface area contributed by atoms with E-state index < -0.39 is 11.9 Å². The highest BCUT2D eigenvalue weighted by molar-refractivity contribution is 7.80. The van der Waals surface area contributed by atoms with Gasteiger partial charge in [-0.15, -0.1) is 0 Å². The van der Waals surface area contributed by atoms with E-state index in [0.717, 1.165) is 0 Å². The number of nitrogens with one attached hydrogen (secondary N) is 2. The van der Waals surface area contributed by atoms with Crippen LogP contribution in [-0.4, -0.2) is 69.5 Å². The summed E-state index contributed by atoms with van der Waals surface area (Å²) in [5, 5.41) is 10.7. The summed E-state index contributed by atoms with van der Waals surface area (Å²) >= 11 is 11.1. The quantitative estimate of drug-likeness (QED) is 0.610. The third kappa shape index (κ3) is 6.11.